The Morgan fingerprint density at radius 3 is 1.84 bits per heavy atom. The summed E-state index contributed by atoms with van der Waals surface area (Å²) >= 11 is 0. The Hall–Kier alpha value is -1.93. The Balaban J connectivity index is 0. The largest absolute Gasteiger partial charge is 0.382 e. The normalized spacial score (nSPS) is 15.2. The number of carbonyl (C=O) groups is 2. The van der Waals surface area contributed by atoms with E-state index in [-0.39, 0.29) is 5.78 Å². The van der Waals surface area contributed by atoms with E-state index in [1.54, 1.807) is 34.8 Å². The predicted octanol–water partition coefficient (Wildman–Crippen LogP) is 9.18. The van der Waals surface area contributed by atoms with Crippen LogP contribution in [0.5, 0.6) is 0 Å². The van der Waals surface area contributed by atoms with E-state index in [2.05, 4.69) is 6.92 Å². The minimum absolute atomic E-state index is 0.122. The molecule has 0 bridgehead atoms. The maximum absolute atomic E-state index is 11.3. The van der Waals surface area contributed by atoms with Gasteiger partial charge in [0.05, 0.1) is 32.5 Å². The molecule has 9 heteroatoms. The van der Waals surface area contributed by atoms with Crippen molar-refractivity contribution in [1.29, 1.82) is 0 Å². The van der Waals surface area contributed by atoms with Gasteiger partial charge in [-0.3, -0.25) is 14.2 Å². The van der Waals surface area contributed by atoms with Gasteiger partial charge >= 0.3 is 7.60 Å². The van der Waals surface area contributed by atoms with Gasteiger partial charge < -0.3 is 23.3 Å². The highest BCUT2D eigenvalue weighted by Gasteiger charge is 2.25. The van der Waals surface area contributed by atoms with Crippen LogP contribution in [-0.4, -0.2) is 71.1 Å². The molecule has 1 aliphatic heterocycles. The van der Waals surface area contributed by atoms with Crippen LogP contribution in [0.4, 0.5) is 0 Å². The molecule has 0 amide bonds. The van der Waals surface area contributed by atoms with E-state index < -0.39 is 7.60 Å². The summed E-state index contributed by atoms with van der Waals surface area (Å²) in [5.41, 5.74) is 0.804. The van der Waals surface area contributed by atoms with Crippen molar-refractivity contribution >= 4 is 29.9 Å². The Morgan fingerprint density at radius 1 is 0.864 bits per heavy atom. The molecule has 1 aliphatic carbocycles. The van der Waals surface area contributed by atoms with Crippen LogP contribution in [0.15, 0.2) is 42.5 Å². The van der Waals surface area contributed by atoms with E-state index in [1.165, 1.54) is 25.9 Å². The van der Waals surface area contributed by atoms with Crippen LogP contribution in [0.1, 0.15) is 97.9 Å². The van der Waals surface area contributed by atoms with Gasteiger partial charge in [-0.2, -0.15) is 0 Å². The molecule has 0 spiro atoms. The van der Waals surface area contributed by atoms with Gasteiger partial charge in [0, 0.05) is 38.5 Å². The van der Waals surface area contributed by atoms with E-state index in [9.17, 15) is 14.2 Å². The third-order valence-corrected chi connectivity index (χ3v) is 7.55. The second-order valence-corrected chi connectivity index (χ2v) is 12.0. The first-order chi connectivity index (χ1) is 21.0. The van der Waals surface area contributed by atoms with Crippen LogP contribution in [0.2, 0.25) is 0 Å². The van der Waals surface area contributed by atoms with Crippen LogP contribution in [0, 0.1) is 5.92 Å². The van der Waals surface area contributed by atoms with Gasteiger partial charge in [-0.15, -0.1) is 0 Å². The Labute approximate surface area is 268 Å². The maximum Gasteiger partial charge on any atom is 0.327 e. The number of hydrogen-bond acceptors (Lipinski definition) is 8. The highest BCUT2D eigenvalue weighted by Crippen LogP contribution is 2.43. The minimum atomic E-state index is -2.69. The molecule has 4 rings (SSSR count). The molecular weight excluding hydrogens is 579 g/mol. The summed E-state index contributed by atoms with van der Waals surface area (Å²) in [5, 5.41) is 2.16. The molecule has 44 heavy (non-hydrogen) atoms. The van der Waals surface area contributed by atoms with Crippen molar-refractivity contribution in [1.82, 2.24) is 0 Å². The number of benzene rings is 2. The molecule has 254 valence electrons. The highest BCUT2D eigenvalue weighted by molar-refractivity contribution is 7.52. The molecule has 2 aliphatic rings. The fraction of sp³-hybridized carbons (Fsp3) is 0.657. The smallest absolute Gasteiger partial charge is 0.327 e. The van der Waals surface area contributed by atoms with E-state index >= 15 is 0 Å². The highest BCUT2D eigenvalue weighted by atomic mass is 31.2. The van der Waals surface area contributed by atoms with E-state index in [4.69, 9.17) is 23.3 Å². The number of hydrogen-bond donors (Lipinski definition) is 0. The number of ether oxygens (including phenoxy) is 3. The fourth-order valence-electron chi connectivity index (χ4n) is 3.72. The summed E-state index contributed by atoms with van der Waals surface area (Å²) in [5.74, 6) is 0.955. The van der Waals surface area contributed by atoms with Gasteiger partial charge in [-0.25, -0.2) is 0 Å². The predicted molar refractivity (Wildman–Crippen MR) is 183 cm³/mol. The zero-order valence-electron chi connectivity index (χ0n) is 29.2. The quantitative estimate of drug-likeness (QED) is 0.144. The van der Waals surface area contributed by atoms with Crippen LogP contribution in [0.3, 0.4) is 0 Å². The van der Waals surface area contributed by atoms with Crippen molar-refractivity contribution in [3.05, 3.63) is 48.0 Å². The Morgan fingerprint density at radius 2 is 1.45 bits per heavy atom. The number of methoxy groups -OCH3 is 1. The monoisotopic (exact) mass is 640 g/mol. The molecule has 0 radical (unpaired) electrons. The van der Waals surface area contributed by atoms with Gasteiger partial charge in [0.2, 0.25) is 0 Å². The topological polar surface area (TPSA) is 97.4 Å². The maximum atomic E-state index is 11.3. The van der Waals surface area contributed by atoms with Crippen molar-refractivity contribution in [3.8, 4) is 0 Å². The standard InChI is InChI=1S/C12H10O.C6H12O.C5H13O3P.C5H12O2.C5H8O.C2H6/c1-9(13)11-8-4-6-10-5-2-3-7-12(10)11;1-6-4-2-3-5-7-6;1-4-7-9(3,6)8-5-2;1-3-7-5-4-6-2;1-4(6)5-2-3-5;1-2/h2-8H,1H3;6H,2-5H2,1H3;4-5H2,1-3H3;3-5H2,1-2H3;5H,2-3H2,1H3;1-2H3. The lowest BCUT2D eigenvalue weighted by Gasteiger charge is -2.17. The SMILES string of the molecule is CC.CC(=O)C1CC1.CC(=O)c1cccc2ccccc12.CC1CCCCO1.CCOCCOC.CCOP(C)(=O)OCC. The molecular formula is C35H61O8P. The first-order valence-electron chi connectivity index (χ1n) is 16.1. The van der Waals surface area contributed by atoms with E-state index in [1.807, 2.05) is 63.2 Å². The number of ketones is 2. The number of rotatable bonds is 10. The average molecular weight is 641 g/mol. The molecule has 1 saturated heterocycles. The van der Waals surface area contributed by atoms with Gasteiger partial charge in [-0.1, -0.05) is 56.3 Å². The number of carbonyl (C=O) groups excluding carboxylic acids is 2. The van der Waals surface area contributed by atoms with Crippen LogP contribution in [-0.2, 0) is 32.6 Å². The van der Waals surface area contributed by atoms with Gasteiger partial charge in [0.25, 0.3) is 0 Å². The second kappa shape index (κ2) is 28.5. The molecule has 2 aromatic rings. The number of Topliss-reactive ketones (excluding diaryl/α,β-unsaturated/α-hetero) is 2. The van der Waals surface area contributed by atoms with Crippen LogP contribution >= 0.6 is 7.60 Å². The van der Waals surface area contributed by atoms with Gasteiger partial charge in [-0.05, 0) is 84.4 Å². The summed E-state index contributed by atoms with van der Waals surface area (Å²) in [6.45, 7) is 20.5. The summed E-state index contributed by atoms with van der Waals surface area (Å²) in [6.07, 6.45) is 6.73. The van der Waals surface area contributed by atoms with Gasteiger partial charge in [0.15, 0.2) is 5.78 Å². The molecule has 1 atom stereocenters. The lowest BCUT2D eigenvalue weighted by atomic mass is 10.0. The van der Waals surface area contributed by atoms with Crippen molar-refractivity contribution in [2.24, 2.45) is 5.92 Å². The summed E-state index contributed by atoms with van der Waals surface area (Å²) in [4.78, 5) is 21.5. The third-order valence-electron chi connectivity index (χ3n) is 6.09. The molecule has 2 aromatic carbocycles. The first kappa shape index (κ1) is 44.2. The molecule has 2 fully saturated rings. The van der Waals surface area contributed by atoms with E-state index in [0.717, 1.165) is 42.4 Å². The summed E-state index contributed by atoms with van der Waals surface area (Å²) in [6, 6.07) is 13.7. The first-order valence-corrected chi connectivity index (χ1v) is 18.1. The molecule has 0 aromatic heterocycles. The number of fused-ring (bicyclic) bond motifs is 1. The molecule has 1 saturated carbocycles. The molecule has 1 unspecified atom stereocenters. The zero-order valence-corrected chi connectivity index (χ0v) is 30.1. The summed E-state index contributed by atoms with van der Waals surface area (Å²) < 4.78 is 35.5. The van der Waals surface area contributed by atoms with Gasteiger partial charge in [0.1, 0.15) is 5.78 Å². The Kier molecular flexibility index (Phi) is 28.7. The lowest BCUT2D eigenvalue weighted by Crippen LogP contribution is -2.14. The Bertz CT molecular complexity index is 1010. The summed E-state index contributed by atoms with van der Waals surface area (Å²) in [7, 11) is -1.03. The van der Waals surface area contributed by atoms with Crippen molar-refractivity contribution in [2.45, 2.75) is 93.6 Å². The molecule has 0 N–H and O–H groups in total. The van der Waals surface area contributed by atoms with Crippen molar-refractivity contribution in [3.63, 3.8) is 0 Å². The van der Waals surface area contributed by atoms with Crippen LogP contribution in [0.25, 0.3) is 10.8 Å². The second-order valence-electron chi connectivity index (χ2n) is 9.94. The van der Waals surface area contributed by atoms with Crippen molar-refractivity contribution < 1.29 is 37.4 Å². The van der Waals surface area contributed by atoms with E-state index in [0.29, 0.717) is 44.2 Å². The van der Waals surface area contributed by atoms with Crippen LogP contribution < -0.4 is 0 Å². The minimum Gasteiger partial charge on any atom is -0.382 e. The van der Waals surface area contributed by atoms with Crippen molar-refractivity contribution in [2.75, 3.05) is 53.4 Å². The average Bonchev–Trinajstić information content (AvgIpc) is 3.86. The third kappa shape index (κ3) is 24.4. The fourth-order valence-corrected chi connectivity index (χ4v) is 4.73. The lowest BCUT2D eigenvalue weighted by molar-refractivity contribution is -0.118. The zero-order chi connectivity index (χ0) is 33.8. The molecule has 1 heterocycles. The molecule has 8 nitrogen and oxygen atoms in total.